The van der Waals surface area contributed by atoms with Crippen LogP contribution in [0, 0.1) is 5.92 Å². The van der Waals surface area contributed by atoms with E-state index in [1.165, 1.54) is 25.7 Å². The standard InChI is InChI=1S/C9H15ClO/c10-8-5-6-11-9(8)7-3-1-2-4-7/h7-9H,1-6H2. The van der Waals surface area contributed by atoms with E-state index in [1.807, 2.05) is 0 Å². The topological polar surface area (TPSA) is 9.23 Å². The van der Waals surface area contributed by atoms with Crippen molar-refractivity contribution < 1.29 is 4.74 Å². The van der Waals surface area contributed by atoms with Gasteiger partial charge in [-0.25, -0.2) is 0 Å². The molecule has 11 heavy (non-hydrogen) atoms. The molecule has 0 bridgehead atoms. The Labute approximate surface area is 73.1 Å². The zero-order valence-electron chi connectivity index (χ0n) is 6.76. The van der Waals surface area contributed by atoms with Crippen LogP contribution in [0.5, 0.6) is 0 Å². The molecule has 1 saturated carbocycles. The monoisotopic (exact) mass is 174 g/mol. The number of rotatable bonds is 1. The Kier molecular flexibility index (Phi) is 2.38. The molecule has 0 aromatic heterocycles. The minimum Gasteiger partial charge on any atom is -0.376 e. The van der Waals surface area contributed by atoms with Crippen LogP contribution in [0.2, 0.25) is 0 Å². The van der Waals surface area contributed by atoms with Gasteiger partial charge >= 0.3 is 0 Å². The minimum absolute atomic E-state index is 0.304. The van der Waals surface area contributed by atoms with E-state index in [0.29, 0.717) is 11.5 Å². The highest BCUT2D eigenvalue weighted by Gasteiger charge is 2.34. The predicted molar refractivity (Wildman–Crippen MR) is 46.0 cm³/mol. The van der Waals surface area contributed by atoms with Gasteiger partial charge in [0.05, 0.1) is 11.5 Å². The van der Waals surface area contributed by atoms with Gasteiger partial charge in [-0.3, -0.25) is 0 Å². The second-order valence-corrected chi connectivity index (χ2v) is 4.25. The fourth-order valence-corrected chi connectivity index (χ4v) is 2.67. The molecule has 1 saturated heterocycles. The molecule has 1 heterocycles. The summed E-state index contributed by atoms with van der Waals surface area (Å²) in [6, 6.07) is 0. The SMILES string of the molecule is ClC1CCOC1C1CCCC1. The van der Waals surface area contributed by atoms with Crippen molar-refractivity contribution in [3.05, 3.63) is 0 Å². The third-order valence-electron chi connectivity index (χ3n) is 2.92. The smallest absolute Gasteiger partial charge is 0.0767 e. The second-order valence-electron chi connectivity index (χ2n) is 3.68. The van der Waals surface area contributed by atoms with Gasteiger partial charge in [0.1, 0.15) is 0 Å². The van der Waals surface area contributed by atoms with E-state index in [0.717, 1.165) is 18.9 Å². The average Bonchev–Trinajstić information content (AvgIpc) is 2.55. The fraction of sp³-hybridized carbons (Fsp3) is 1.00. The highest BCUT2D eigenvalue weighted by molar-refractivity contribution is 6.21. The van der Waals surface area contributed by atoms with Gasteiger partial charge in [0, 0.05) is 6.61 Å². The Balaban J connectivity index is 1.92. The summed E-state index contributed by atoms with van der Waals surface area (Å²) in [6.07, 6.45) is 6.89. The highest BCUT2D eigenvalue weighted by Crippen LogP contribution is 2.35. The molecule has 0 aromatic carbocycles. The number of halogens is 1. The second kappa shape index (κ2) is 3.32. The predicted octanol–water partition coefficient (Wildman–Crippen LogP) is 2.57. The Morgan fingerprint density at radius 2 is 1.82 bits per heavy atom. The lowest BCUT2D eigenvalue weighted by atomic mass is 9.98. The molecule has 2 unspecified atom stereocenters. The number of hydrogen-bond acceptors (Lipinski definition) is 1. The van der Waals surface area contributed by atoms with Crippen molar-refractivity contribution in [3.63, 3.8) is 0 Å². The van der Waals surface area contributed by atoms with Crippen LogP contribution in [0.15, 0.2) is 0 Å². The Morgan fingerprint density at radius 1 is 1.09 bits per heavy atom. The molecule has 0 radical (unpaired) electrons. The maximum absolute atomic E-state index is 6.13. The summed E-state index contributed by atoms with van der Waals surface area (Å²) in [5, 5.41) is 0.304. The van der Waals surface area contributed by atoms with Crippen molar-refractivity contribution in [1.82, 2.24) is 0 Å². The molecule has 0 N–H and O–H groups in total. The van der Waals surface area contributed by atoms with Gasteiger partial charge in [-0.2, -0.15) is 0 Å². The minimum atomic E-state index is 0.304. The van der Waals surface area contributed by atoms with Crippen LogP contribution in [0.4, 0.5) is 0 Å². The Morgan fingerprint density at radius 3 is 2.36 bits per heavy atom. The first-order valence-electron chi connectivity index (χ1n) is 4.63. The summed E-state index contributed by atoms with van der Waals surface area (Å²) in [6.45, 7) is 0.884. The lowest BCUT2D eigenvalue weighted by Crippen LogP contribution is -2.24. The zero-order valence-corrected chi connectivity index (χ0v) is 7.52. The van der Waals surface area contributed by atoms with Crippen LogP contribution in [-0.4, -0.2) is 18.1 Å². The molecule has 64 valence electrons. The number of alkyl halides is 1. The molecule has 2 atom stereocenters. The molecule has 1 nitrogen and oxygen atoms in total. The van der Waals surface area contributed by atoms with Crippen molar-refractivity contribution >= 4 is 11.6 Å². The van der Waals surface area contributed by atoms with Crippen LogP contribution >= 0.6 is 11.6 Å². The van der Waals surface area contributed by atoms with Crippen molar-refractivity contribution in [2.45, 2.75) is 43.6 Å². The van der Waals surface area contributed by atoms with Crippen molar-refractivity contribution in [3.8, 4) is 0 Å². The van der Waals surface area contributed by atoms with Crippen LogP contribution in [-0.2, 0) is 4.74 Å². The Hall–Kier alpha value is 0.250. The molecule has 2 rings (SSSR count). The average molecular weight is 175 g/mol. The molecule has 1 aliphatic heterocycles. The number of ether oxygens (including phenoxy) is 1. The van der Waals surface area contributed by atoms with E-state index in [9.17, 15) is 0 Å². The highest BCUT2D eigenvalue weighted by atomic mass is 35.5. The summed E-state index contributed by atoms with van der Waals surface area (Å²) >= 11 is 6.13. The fourth-order valence-electron chi connectivity index (χ4n) is 2.30. The van der Waals surface area contributed by atoms with Gasteiger partial charge in [-0.05, 0) is 25.2 Å². The summed E-state index contributed by atoms with van der Waals surface area (Å²) in [5.74, 6) is 0.778. The Bertz CT molecular complexity index is 132. The van der Waals surface area contributed by atoms with E-state index >= 15 is 0 Å². The summed E-state index contributed by atoms with van der Waals surface area (Å²) in [5.41, 5.74) is 0. The normalized spacial score (nSPS) is 40.1. The molecule has 2 heteroatoms. The van der Waals surface area contributed by atoms with Crippen molar-refractivity contribution in [1.29, 1.82) is 0 Å². The maximum atomic E-state index is 6.13. The molecule has 0 spiro atoms. The van der Waals surface area contributed by atoms with E-state index in [-0.39, 0.29) is 0 Å². The van der Waals surface area contributed by atoms with Gasteiger partial charge in [0.2, 0.25) is 0 Å². The largest absolute Gasteiger partial charge is 0.376 e. The molecular weight excluding hydrogens is 160 g/mol. The van der Waals surface area contributed by atoms with Crippen molar-refractivity contribution in [2.75, 3.05) is 6.61 Å². The lowest BCUT2D eigenvalue weighted by Gasteiger charge is -2.19. The van der Waals surface area contributed by atoms with E-state index in [2.05, 4.69) is 0 Å². The van der Waals surface area contributed by atoms with Crippen LogP contribution in [0.1, 0.15) is 32.1 Å². The van der Waals surface area contributed by atoms with E-state index < -0.39 is 0 Å². The third-order valence-corrected chi connectivity index (χ3v) is 3.39. The molecule has 0 aromatic rings. The van der Waals surface area contributed by atoms with Gasteiger partial charge in [0.15, 0.2) is 0 Å². The molecule has 0 amide bonds. The van der Waals surface area contributed by atoms with Crippen LogP contribution < -0.4 is 0 Å². The first-order valence-corrected chi connectivity index (χ1v) is 5.07. The van der Waals surface area contributed by atoms with E-state index in [1.54, 1.807) is 0 Å². The van der Waals surface area contributed by atoms with Gasteiger partial charge in [-0.15, -0.1) is 11.6 Å². The third kappa shape index (κ3) is 1.54. The first kappa shape index (κ1) is 7.88. The van der Waals surface area contributed by atoms with Crippen LogP contribution in [0.25, 0.3) is 0 Å². The molecule has 1 aliphatic carbocycles. The molecular formula is C9H15ClO. The lowest BCUT2D eigenvalue weighted by molar-refractivity contribution is 0.0668. The summed E-state index contributed by atoms with van der Waals surface area (Å²) in [4.78, 5) is 0. The quantitative estimate of drug-likeness (QED) is 0.556. The number of hydrogen-bond donors (Lipinski definition) is 0. The van der Waals surface area contributed by atoms with Gasteiger partial charge < -0.3 is 4.74 Å². The maximum Gasteiger partial charge on any atom is 0.0767 e. The van der Waals surface area contributed by atoms with Gasteiger partial charge in [0.25, 0.3) is 0 Å². The van der Waals surface area contributed by atoms with Gasteiger partial charge in [-0.1, -0.05) is 12.8 Å². The van der Waals surface area contributed by atoms with Crippen LogP contribution in [0.3, 0.4) is 0 Å². The summed E-state index contributed by atoms with van der Waals surface area (Å²) in [7, 11) is 0. The first-order chi connectivity index (χ1) is 5.38. The zero-order chi connectivity index (χ0) is 7.68. The summed E-state index contributed by atoms with van der Waals surface area (Å²) < 4.78 is 5.62. The van der Waals surface area contributed by atoms with E-state index in [4.69, 9.17) is 16.3 Å². The molecule has 2 aliphatic rings. The molecule has 2 fully saturated rings. The van der Waals surface area contributed by atoms with Crippen molar-refractivity contribution in [2.24, 2.45) is 5.92 Å².